The smallest absolute Gasteiger partial charge is 0.246 e. The fraction of sp³-hybridized carbons (Fsp3) is 0.477. The van der Waals surface area contributed by atoms with E-state index in [1.807, 2.05) is 0 Å². The fourth-order valence-corrected chi connectivity index (χ4v) is 9.50. The number of benzene rings is 2. The molecule has 16 N–H and O–H groups in total. The first kappa shape index (κ1) is 55.5. The van der Waals surface area contributed by atoms with Crippen LogP contribution in [-0.4, -0.2) is 148 Å². The first-order valence-corrected chi connectivity index (χ1v) is 24.9. The number of primary amides is 2. The average Bonchev–Trinajstić information content (AvgIpc) is 3.81. The highest BCUT2D eigenvalue weighted by Crippen LogP contribution is 2.26. The van der Waals surface area contributed by atoms with Gasteiger partial charge in [-0.05, 0) is 55.9 Å². The molecule has 70 heavy (non-hydrogen) atoms. The molecule has 0 unspecified atom stereocenters. The fourth-order valence-electron chi connectivity index (χ4n) is 7.36. The Balaban J connectivity index is 1.62. The Labute approximate surface area is 411 Å². The number of amides is 10. The maximum Gasteiger partial charge on any atom is 0.246 e. The number of guanidine groups is 1. The van der Waals surface area contributed by atoms with Crippen LogP contribution in [0.2, 0.25) is 0 Å². The summed E-state index contributed by atoms with van der Waals surface area (Å²) in [5.74, 6) is -8.15. The zero-order valence-electron chi connectivity index (χ0n) is 38.5. The number of nitrogens with zero attached hydrogens (tertiary/aromatic N) is 2. The first-order valence-electron chi connectivity index (χ1n) is 22.4. The van der Waals surface area contributed by atoms with E-state index in [1.165, 1.54) is 24.0 Å². The van der Waals surface area contributed by atoms with E-state index >= 15 is 0 Å². The number of hydrogen-bond donors (Lipinski definition) is 12. The van der Waals surface area contributed by atoms with Crippen molar-refractivity contribution in [3.8, 4) is 5.75 Å². The maximum absolute atomic E-state index is 14.5. The number of phenols is 1. The maximum atomic E-state index is 14.5. The van der Waals surface area contributed by atoms with Crippen LogP contribution in [0, 0.1) is 0 Å². The topological polar surface area (TPSA) is 395 Å². The standard InChI is InChI=1S/C44H61N13O11S2/c1-24-37(62)54-31(21-34(45)59)41(66)56-32(43(68)57-17-6-10-33(57)42(67)53-28(9-5-16-49-44(47)48)38(63)50-22-35(46)60)23-70-69-18-15-36(61)52-29(20-26-11-13-27(58)14-12-26)40(65)55-30(39(64)51-24)19-25-7-3-2-4-8-25/h2-4,7-8,11-14,24,28-33,58H,5-6,9-10,15-23H2,1H3,(H2,45,59)(H2,46,60)(H,50,63)(H,51,64)(H,52,61)(H,53,67)(H,54,62)(H,55,65)(H,56,66)(H4,47,48,49)/t24-,28-,29-,30-,31-,32-,33-/m0/s1. The van der Waals surface area contributed by atoms with Crippen LogP contribution < -0.4 is 60.2 Å². The number of rotatable bonds is 16. The molecule has 2 heterocycles. The van der Waals surface area contributed by atoms with Crippen molar-refractivity contribution >= 4 is 86.6 Å². The summed E-state index contributed by atoms with van der Waals surface area (Å²) in [5, 5.41) is 27.9. The molecule has 0 saturated carbocycles. The van der Waals surface area contributed by atoms with Gasteiger partial charge in [0.15, 0.2) is 5.96 Å². The second-order valence-electron chi connectivity index (χ2n) is 16.5. The van der Waals surface area contributed by atoms with Gasteiger partial charge in [0.1, 0.15) is 48.0 Å². The van der Waals surface area contributed by atoms with Crippen LogP contribution in [0.25, 0.3) is 0 Å². The highest BCUT2D eigenvalue weighted by molar-refractivity contribution is 8.76. The van der Waals surface area contributed by atoms with E-state index in [2.05, 4.69) is 42.2 Å². The minimum Gasteiger partial charge on any atom is -0.508 e. The molecule has 2 saturated heterocycles. The predicted molar refractivity (Wildman–Crippen MR) is 259 cm³/mol. The van der Waals surface area contributed by atoms with Crippen molar-refractivity contribution < 1.29 is 53.1 Å². The van der Waals surface area contributed by atoms with E-state index < -0.39 is 114 Å². The van der Waals surface area contributed by atoms with E-state index in [9.17, 15) is 53.1 Å². The number of nitrogens with one attached hydrogen (secondary N) is 7. The lowest BCUT2D eigenvalue weighted by atomic mass is 10.0. The molecule has 0 radical (unpaired) electrons. The van der Waals surface area contributed by atoms with Gasteiger partial charge in [0, 0.05) is 43.9 Å². The number of phenolic OH excluding ortho intramolecular Hbond substituents is 1. The Morgan fingerprint density at radius 3 is 2.07 bits per heavy atom. The Kier molecular flexibility index (Phi) is 22.0. The van der Waals surface area contributed by atoms with Gasteiger partial charge >= 0.3 is 0 Å². The van der Waals surface area contributed by atoms with Crippen LogP contribution >= 0.6 is 21.6 Å². The van der Waals surface area contributed by atoms with Gasteiger partial charge < -0.3 is 70.2 Å². The zero-order chi connectivity index (χ0) is 51.3. The normalized spacial score (nSPS) is 22.4. The summed E-state index contributed by atoms with van der Waals surface area (Å²) < 4.78 is 0. The van der Waals surface area contributed by atoms with Gasteiger partial charge in [-0.25, -0.2) is 0 Å². The van der Waals surface area contributed by atoms with Crippen molar-refractivity contribution in [3.05, 3.63) is 65.7 Å². The van der Waals surface area contributed by atoms with Gasteiger partial charge in [0.25, 0.3) is 0 Å². The molecule has 2 aromatic rings. The summed E-state index contributed by atoms with van der Waals surface area (Å²) in [4.78, 5) is 139. The molecule has 2 aliphatic heterocycles. The largest absolute Gasteiger partial charge is 0.508 e. The third-order valence-corrected chi connectivity index (χ3v) is 13.3. The van der Waals surface area contributed by atoms with E-state index in [-0.39, 0.29) is 74.8 Å². The van der Waals surface area contributed by atoms with Crippen molar-refractivity contribution in [3.63, 3.8) is 0 Å². The second-order valence-corrected chi connectivity index (χ2v) is 19.1. The van der Waals surface area contributed by atoms with Crippen LogP contribution in [0.15, 0.2) is 59.6 Å². The number of likely N-dealkylation sites (tertiary alicyclic amines) is 1. The van der Waals surface area contributed by atoms with Crippen molar-refractivity contribution in [1.29, 1.82) is 0 Å². The molecule has 10 amide bonds. The third kappa shape index (κ3) is 18.4. The van der Waals surface area contributed by atoms with Crippen LogP contribution in [-0.2, 0) is 60.8 Å². The zero-order valence-corrected chi connectivity index (χ0v) is 40.1. The molecule has 380 valence electrons. The summed E-state index contributed by atoms with van der Waals surface area (Å²) >= 11 is 0. The predicted octanol–water partition coefficient (Wildman–Crippen LogP) is -3.59. The van der Waals surface area contributed by atoms with E-state index in [4.69, 9.17) is 22.9 Å². The lowest BCUT2D eigenvalue weighted by Gasteiger charge is -2.30. The molecule has 0 bridgehead atoms. The monoisotopic (exact) mass is 1010 g/mol. The summed E-state index contributed by atoms with van der Waals surface area (Å²) in [6.45, 7) is 0.981. The minimum absolute atomic E-state index is 0.0156. The number of aromatic hydroxyl groups is 1. The highest BCUT2D eigenvalue weighted by atomic mass is 33.1. The molecule has 0 aromatic heterocycles. The number of hydrogen-bond acceptors (Lipinski definition) is 14. The van der Waals surface area contributed by atoms with Crippen molar-refractivity contribution in [2.75, 3.05) is 31.1 Å². The van der Waals surface area contributed by atoms with Crippen LogP contribution in [0.1, 0.15) is 56.6 Å². The van der Waals surface area contributed by atoms with E-state index in [1.54, 1.807) is 42.5 Å². The Morgan fingerprint density at radius 2 is 1.41 bits per heavy atom. The Bertz CT molecular complexity index is 2240. The third-order valence-electron chi connectivity index (χ3n) is 10.9. The van der Waals surface area contributed by atoms with Gasteiger partial charge in [-0.2, -0.15) is 0 Å². The molecular weight excluding hydrogens is 951 g/mol. The second kappa shape index (κ2) is 27.8. The number of nitrogens with two attached hydrogens (primary N) is 4. The first-order chi connectivity index (χ1) is 33.3. The van der Waals surface area contributed by atoms with Gasteiger partial charge in [-0.15, -0.1) is 0 Å². The average molecular weight is 1010 g/mol. The lowest BCUT2D eigenvalue weighted by Crippen LogP contribution is -2.60. The number of aliphatic imine (C=N–C) groups is 1. The number of carbonyl (C=O) groups is 10. The molecular formula is C44H61N13O11S2. The molecule has 24 nitrogen and oxygen atoms in total. The lowest BCUT2D eigenvalue weighted by molar-refractivity contribution is -0.142. The molecule has 2 aromatic carbocycles. The van der Waals surface area contributed by atoms with E-state index in [0.717, 1.165) is 21.6 Å². The molecule has 0 spiro atoms. The molecule has 26 heteroatoms. The molecule has 2 fully saturated rings. The van der Waals surface area contributed by atoms with Crippen molar-refractivity contribution in [2.24, 2.45) is 27.9 Å². The SMILES string of the molecule is C[C@@H]1NC(=O)[C@H](Cc2ccccc2)NC(=O)[C@H](Cc2ccc(O)cc2)NC(=O)CCSSC[C@@H](C(=O)N2CCC[C@H]2C(=O)N[C@@H](CCCN=C(N)N)C(=O)NCC(N)=O)NC(=O)[C@H](CC(N)=O)NC1=O. The van der Waals surface area contributed by atoms with Crippen molar-refractivity contribution in [1.82, 2.24) is 42.1 Å². The van der Waals surface area contributed by atoms with Crippen LogP contribution in [0.5, 0.6) is 5.75 Å². The summed E-state index contributed by atoms with van der Waals surface area (Å²) in [6.07, 6.45) is -0.0985. The summed E-state index contributed by atoms with van der Waals surface area (Å²) in [6, 6.07) is 5.49. The molecule has 7 atom stereocenters. The molecule has 2 aliphatic rings. The highest BCUT2D eigenvalue weighted by Gasteiger charge is 2.40. The Hall–Kier alpha value is -7.09. The minimum atomic E-state index is -1.65. The van der Waals surface area contributed by atoms with Gasteiger partial charge in [-0.3, -0.25) is 52.9 Å². The molecule has 4 rings (SSSR count). The van der Waals surface area contributed by atoms with Gasteiger partial charge in [0.2, 0.25) is 59.1 Å². The molecule has 0 aliphatic carbocycles. The quantitative estimate of drug-likeness (QED) is 0.0335. The van der Waals surface area contributed by atoms with E-state index in [0.29, 0.717) is 17.5 Å². The van der Waals surface area contributed by atoms with Gasteiger partial charge in [-0.1, -0.05) is 64.1 Å². The summed E-state index contributed by atoms with van der Waals surface area (Å²) in [5.41, 5.74) is 22.7. The Morgan fingerprint density at radius 1 is 0.786 bits per heavy atom. The van der Waals surface area contributed by atoms with Crippen LogP contribution in [0.4, 0.5) is 0 Å². The van der Waals surface area contributed by atoms with Crippen molar-refractivity contribution in [2.45, 2.75) is 101 Å². The van der Waals surface area contributed by atoms with Gasteiger partial charge in [0.05, 0.1) is 13.0 Å². The van der Waals surface area contributed by atoms with Crippen LogP contribution in [0.3, 0.4) is 0 Å². The number of carbonyl (C=O) groups excluding carboxylic acids is 10. The summed E-state index contributed by atoms with van der Waals surface area (Å²) in [7, 11) is 2.25.